The highest BCUT2D eigenvalue weighted by Crippen LogP contribution is 2.34. The van der Waals surface area contributed by atoms with E-state index in [1.54, 1.807) is 30.3 Å². The summed E-state index contributed by atoms with van der Waals surface area (Å²) in [4.78, 5) is 25.4. The van der Waals surface area contributed by atoms with E-state index in [1.807, 2.05) is 56.5 Å². The molecular weight excluding hydrogens is 519 g/mol. The number of halogens is 3. The number of carbonyl (C=O) groups excluding carboxylic acids is 1. The van der Waals surface area contributed by atoms with Crippen LogP contribution in [0, 0.1) is 0 Å². The summed E-state index contributed by atoms with van der Waals surface area (Å²) in [6, 6.07) is 10.9. The maximum Gasteiger partial charge on any atom is 0.417 e. The van der Waals surface area contributed by atoms with Crippen molar-refractivity contribution in [3.05, 3.63) is 125 Å². The van der Waals surface area contributed by atoms with Crippen molar-refractivity contribution in [1.29, 1.82) is 0 Å². The van der Waals surface area contributed by atoms with Crippen molar-refractivity contribution in [1.82, 2.24) is 14.9 Å². The van der Waals surface area contributed by atoms with E-state index < -0.39 is 22.6 Å². The van der Waals surface area contributed by atoms with Gasteiger partial charge in [0.2, 0.25) is 6.41 Å². The molecule has 4 N–H and O–H groups in total. The Balaban J connectivity index is 0.000000396. The minimum Gasteiger partial charge on any atom is -0.388 e. The number of rotatable bonds is 6. The highest BCUT2D eigenvalue weighted by atomic mass is 19.4. The second kappa shape index (κ2) is 15.5. The molecule has 0 saturated carbocycles. The molecule has 3 aromatic rings. The molecule has 2 aromatic heterocycles. The number of carbonyl (C=O) groups is 1. The first-order chi connectivity index (χ1) is 19.2. The third-order valence-electron chi connectivity index (χ3n) is 5.50. The normalized spacial score (nSPS) is 12.9. The number of para-hydroxylation sites is 1. The smallest absolute Gasteiger partial charge is 0.388 e. The fraction of sp³-hybridized carbons (Fsp3) is 0.167. The van der Waals surface area contributed by atoms with E-state index >= 15 is 0 Å². The molecule has 0 radical (unpaired) electrons. The van der Waals surface area contributed by atoms with Gasteiger partial charge >= 0.3 is 6.18 Å². The Bertz CT molecular complexity index is 1470. The van der Waals surface area contributed by atoms with Gasteiger partial charge in [-0.1, -0.05) is 55.2 Å². The van der Waals surface area contributed by atoms with Gasteiger partial charge in [-0.2, -0.15) is 13.2 Å². The minimum atomic E-state index is -4.65. The zero-order valence-corrected chi connectivity index (χ0v) is 22.3. The van der Waals surface area contributed by atoms with Crippen LogP contribution in [0.4, 0.5) is 19.0 Å². The van der Waals surface area contributed by atoms with Gasteiger partial charge in [0.25, 0.3) is 0 Å². The lowest BCUT2D eigenvalue weighted by Crippen LogP contribution is -2.19. The number of anilines is 1. The SMILES string of the molecule is C=C/C=C\C(=C/C)NC.NC=O.O=c1cc(NC2=CCCC=C2)n(-c2ccccc2)c2nccc(C(F)(F)F)c12. The maximum absolute atomic E-state index is 13.5. The first-order valence-corrected chi connectivity index (χ1v) is 12.3. The number of aromatic nitrogens is 2. The molecule has 1 aliphatic rings. The van der Waals surface area contributed by atoms with Gasteiger partial charge in [-0.3, -0.25) is 14.2 Å². The average molecular weight is 552 g/mol. The number of hydrogen-bond acceptors (Lipinski definition) is 5. The third kappa shape index (κ3) is 8.59. The van der Waals surface area contributed by atoms with Crippen LogP contribution in [0.15, 0.2) is 114 Å². The lowest BCUT2D eigenvalue weighted by atomic mass is 10.1. The number of nitrogens with zero attached hydrogens (tertiary/aromatic N) is 2. The standard InChI is InChI=1S/C21H16F3N3O.C8H13N.CH3NO/c22-21(23,24)16-11-12-25-20-19(16)17(28)13-18(26-14-7-3-1-4-8-14)27(20)15-9-5-2-6-10-15;1-4-6-7-8(5-2)9-3;2-1-3/h2-3,5-13,26H,1,4H2;4-7,9H,1H2,2-3H3;1H,(H2,2,3)/b;7-6-,8-5+;. The molecule has 0 atom stereocenters. The number of alkyl halides is 3. The zero-order valence-electron chi connectivity index (χ0n) is 22.3. The summed E-state index contributed by atoms with van der Waals surface area (Å²) in [7, 11) is 1.89. The summed E-state index contributed by atoms with van der Waals surface area (Å²) in [5, 5.41) is 5.72. The highest BCUT2D eigenvalue weighted by Gasteiger charge is 2.34. The molecule has 7 nitrogen and oxygen atoms in total. The number of nitrogens with two attached hydrogens (primary N) is 1. The number of likely N-dealkylation sites (N-methyl/N-ethyl adjacent to an activating group) is 1. The van der Waals surface area contributed by atoms with Crippen LogP contribution in [0.25, 0.3) is 16.7 Å². The Hall–Kier alpha value is -4.86. The first kappa shape index (κ1) is 31.4. The Morgan fingerprint density at radius 1 is 1.18 bits per heavy atom. The van der Waals surface area contributed by atoms with Crippen LogP contribution >= 0.6 is 0 Å². The number of hydrogen-bond donors (Lipinski definition) is 3. The molecule has 10 heteroatoms. The van der Waals surface area contributed by atoms with E-state index in [9.17, 15) is 18.0 Å². The topological polar surface area (TPSA) is 102 Å². The van der Waals surface area contributed by atoms with Crippen molar-refractivity contribution in [2.45, 2.75) is 25.9 Å². The van der Waals surface area contributed by atoms with Crippen molar-refractivity contribution >= 4 is 23.3 Å². The lowest BCUT2D eigenvalue weighted by Gasteiger charge is -2.20. The van der Waals surface area contributed by atoms with Crippen LogP contribution in [0.1, 0.15) is 25.3 Å². The predicted molar refractivity (Wildman–Crippen MR) is 155 cm³/mol. The van der Waals surface area contributed by atoms with Crippen LogP contribution in [-0.4, -0.2) is 23.0 Å². The molecule has 0 spiro atoms. The van der Waals surface area contributed by atoms with Gasteiger partial charge in [-0.05, 0) is 50.1 Å². The number of amides is 1. The molecule has 2 heterocycles. The van der Waals surface area contributed by atoms with E-state index in [4.69, 9.17) is 4.79 Å². The van der Waals surface area contributed by atoms with E-state index in [-0.39, 0.29) is 12.1 Å². The largest absolute Gasteiger partial charge is 0.417 e. The number of benzene rings is 1. The van der Waals surface area contributed by atoms with Crippen LogP contribution in [0.2, 0.25) is 0 Å². The van der Waals surface area contributed by atoms with E-state index in [2.05, 4.69) is 27.9 Å². The predicted octanol–water partition coefficient (Wildman–Crippen LogP) is 6.00. The van der Waals surface area contributed by atoms with Crippen molar-refractivity contribution in [2.24, 2.45) is 5.73 Å². The number of pyridine rings is 2. The third-order valence-corrected chi connectivity index (χ3v) is 5.50. The number of primary amides is 1. The van der Waals surface area contributed by atoms with Crippen LogP contribution in [0.5, 0.6) is 0 Å². The Morgan fingerprint density at radius 3 is 2.42 bits per heavy atom. The zero-order chi connectivity index (χ0) is 29.5. The van der Waals surface area contributed by atoms with Gasteiger partial charge < -0.3 is 16.4 Å². The maximum atomic E-state index is 13.5. The molecule has 1 aliphatic carbocycles. The summed E-state index contributed by atoms with van der Waals surface area (Å²) in [5.74, 6) is 0.355. The minimum absolute atomic E-state index is 0.0450. The van der Waals surface area contributed by atoms with Crippen molar-refractivity contribution < 1.29 is 18.0 Å². The van der Waals surface area contributed by atoms with Crippen molar-refractivity contribution in [2.75, 3.05) is 12.4 Å². The molecule has 1 amide bonds. The second-order valence-corrected chi connectivity index (χ2v) is 8.11. The quantitative estimate of drug-likeness (QED) is 0.258. The van der Waals surface area contributed by atoms with Crippen LogP contribution in [-0.2, 0) is 11.0 Å². The highest BCUT2D eigenvalue weighted by molar-refractivity contribution is 5.83. The summed E-state index contributed by atoms with van der Waals surface area (Å²) in [5.41, 5.74) is 4.89. The molecule has 4 rings (SSSR count). The summed E-state index contributed by atoms with van der Waals surface area (Å²) in [6.45, 7) is 5.54. The first-order valence-electron chi connectivity index (χ1n) is 12.3. The number of nitrogens with one attached hydrogen (secondary N) is 2. The molecule has 0 saturated heterocycles. The molecule has 1 aromatic carbocycles. The molecule has 0 unspecified atom stereocenters. The number of fused-ring (bicyclic) bond motifs is 1. The molecule has 0 bridgehead atoms. The molecule has 210 valence electrons. The second-order valence-electron chi connectivity index (χ2n) is 8.11. The van der Waals surface area contributed by atoms with Crippen molar-refractivity contribution in [3.63, 3.8) is 0 Å². The summed E-state index contributed by atoms with van der Waals surface area (Å²) < 4.78 is 42.0. The summed E-state index contributed by atoms with van der Waals surface area (Å²) in [6.07, 6.45) is 11.9. The van der Waals surface area contributed by atoms with Crippen molar-refractivity contribution in [3.8, 4) is 5.69 Å². The van der Waals surface area contributed by atoms with E-state index in [1.165, 1.54) is 10.6 Å². The van der Waals surface area contributed by atoms with Gasteiger partial charge in [0.1, 0.15) is 5.82 Å². The molecule has 40 heavy (non-hydrogen) atoms. The van der Waals surface area contributed by atoms with E-state index in [0.717, 1.165) is 36.5 Å². The lowest BCUT2D eigenvalue weighted by molar-refractivity contribution is -0.136. The van der Waals surface area contributed by atoms with Gasteiger partial charge in [0, 0.05) is 36.4 Å². The Labute approximate surface area is 230 Å². The van der Waals surface area contributed by atoms with Gasteiger partial charge in [0.15, 0.2) is 11.1 Å². The summed E-state index contributed by atoms with van der Waals surface area (Å²) >= 11 is 0. The van der Waals surface area contributed by atoms with E-state index in [0.29, 0.717) is 11.5 Å². The Kier molecular flexibility index (Phi) is 12.2. The van der Waals surface area contributed by atoms with Gasteiger partial charge in [-0.25, -0.2) is 4.98 Å². The number of allylic oxidation sites excluding steroid dienone is 7. The molecule has 0 aliphatic heterocycles. The van der Waals surface area contributed by atoms with Crippen LogP contribution in [0.3, 0.4) is 0 Å². The molecular formula is C30H32F3N5O2. The van der Waals surface area contributed by atoms with Gasteiger partial charge in [-0.15, -0.1) is 0 Å². The monoisotopic (exact) mass is 551 g/mol. The van der Waals surface area contributed by atoms with Crippen LogP contribution < -0.4 is 21.8 Å². The van der Waals surface area contributed by atoms with Gasteiger partial charge in [0.05, 0.1) is 10.9 Å². The fourth-order valence-electron chi connectivity index (χ4n) is 3.75. The molecule has 0 fully saturated rings. The average Bonchev–Trinajstić information content (AvgIpc) is 2.95. The fourth-order valence-corrected chi connectivity index (χ4v) is 3.75. The Morgan fingerprint density at radius 2 is 1.88 bits per heavy atom.